The highest BCUT2D eigenvalue weighted by molar-refractivity contribution is 5.33. The summed E-state index contributed by atoms with van der Waals surface area (Å²) in [6.07, 6.45) is 9.67. The van der Waals surface area contributed by atoms with Crippen molar-refractivity contribution in [2.24, 2.45) is 0 Å². The molecule has 1 unspecified atom stereocenters. The molecule has 3 heterocycles. The summed E-state index contributed by atoms with van der Waals surface area (Å²) in [5.74, 6) is 1.23. The van der Waals surface area contributed by atoms with Crippen LogP contribution in [0.2, 0.25) is 0 Å². The first-order chi connectivity index (χ1) is 8.43. The van der Waals surface area contributed by atoms with Crippen LogP contribution in [0.5, 0.6) is 5.88 Å². The topological polar surface area (TPSA) is 64.9 Å². The Morgan fingerprint density at radius 1 is 1.29 bits per heavy atom. The Hall–Kier alpha value is -1.95. The Morgan fingerprint density at radius 2 is 2.24 bits per heavy atom. The van der Waals surface area contributed by atoms with E-state index in [0.717, 1.165) is 19.5 Å². The second-order valence-electron chi connectivity index (χ2n) is 3.89. The highest BCUT2D eigenvalue weighted by Gasteiger charge is 2.19. The van der Waals surface area contributed by atoms with Crippen LogP contribution < -0.4 is 10.1 Å². The average molecular weight is 231 g/mol. The summed E-state index contributed by atoms with van der Waals surface area (Å²) in [5.41, 5.74) is 0. The highest BCUT2D eigenvalue weighted by Crippen LogP contribution is 2.19. The van der Waals surface area contributed by atoms with E-state index in [1.165, 1.54) is 0 Å². The van der Waals surface area contributed by atoms with E-state index in [1.807, 2.05) is 6.20 Å². The summed E-state index contributed by atoms with van der Waals surface area (Å²) in [4.78, 5) is 12.5. The van der Waals surface area contributed by atoms with Crippen molar-refractivity contribution in [3.05, 3.63) is 31.1 Å². The molecule has 0 bridgehead atoms. The van der Waals surface area contributed by atoms with Crippen molar-refractivity contribution in [3.63, 3.8) is 0 Å². The van der Waals surface area contributed by atoms with Gasteiger partial charge >= 0.3 is 0 Å². The van der Waals surface area contributed by atoms with Gasteiger partial charge in [0.25, 0.3) is 5.88 Å². The van der Waals surface area contributed by atoms with E-state index in [1.54, 1.807) is 29.5 Å². The van der Waals surface area contributed by atoms with Gasteiger partial charge in [-0.05, 0) is 13.0 Å². The molecule has 2 aromatic rings. The standard InChI is InChI=1S/C11H13N5O/c1-2-12-7-9(1)17-11-10(14-3-4-15-11)16-6-5-13-8-16/h3-6,8-9,12H,1-2,7H2. The summed E-state index contributed by atoms with van der Waals surface area (Å²) in [7, 11) is 0. The van der Waals surface area contributed by atoms with Crippen LogP contribution in [0.1, 0.15) is 6.42 Å². The predicted octanol–water partition coefficient (Wildman–Crippen LogP) is 0.403. The quantitative estimate of drug-likeness (QED) is 0.828. The zero-order valence-corrected chi connectivity index (χ0v) is 9.28. The van der Waals surface area contributed by atoms with E-state index in [4.69, 9.17) is 4.74 Å². The third kappa shape index (κ3) is 2.12. The van der Waals surface area contributed by atoms with Crippen molar-refractivity contribution in [1.82, 2.24) is 24.8 Å². The Morgan fingerprint density at radius 3 is 3.00 bits per heavy atom. The monoisotopic (exact) mass is 231 g/mol. The minimum absolute atomic E-state index is 0.175. The van der Waals surface area contributed by atoms with Crippen molar-refractivity contribution in [2.75, 3.05) is 13.1 Å². The van der Waals surface area contributed by atoms with Crippen LogP contribution in [0, 0.1) is 0 Å². The van der Waals surface area contributed by atoms with E-state index >= 15 is 0 Å². The third-order valence-electron chi connectivity index (χ3n) is 2.69. The Balaban J connectivity index is 1.88. The lowest BCUT2D eigenvalue weighted by molar-refractivity contribution is 0.212. The Kier molecular flexibility index (Phi) is 2.71. The molecule has 17 heavy (non-hydrogen) atoms. The molecule has 1 aliphatic rings. The van der Waals surface area contributed by atoms with Gasteiger partial charge in [0.05, 0.1) is 0 Å². The van der Waals surface area contributed by atoms with E-state index in [9.17, 15) is 0 Å². The summed E-state index contributed by atoms with van der Waals surface area (Å²) in [6, 6.07) is 0. The molecule has 0 aliphatic carbocycles. The van der Waals surface area contributed by atoms with E-state index in [2.05, 4.69) is 20.3 Å². The first kappa shape index (κ1) is 10.2. The van der Waals surface area contributed by atoms with Crippen molar-refractivity contribution in [1.29, 1.82) is 0 Å². The lowest BCUT2D eigenvalue weighted by atomic mass is 10.3. The number of aromatic nitrogens is 4. The summed E-state index contributed by atoms with van der Waals surface area (Å²) >= 11 is 0. The first-order valence-electron chi connectivity index (χ1n) is 5.60. The SMILES string of the molecule is c1cn(-c2nccnc2OC2CCNC2)cn1. The van der Waals surface area contributed by atoms with Gasteiger partial charge in [-0.3, -0.25) is 4.57 Å². The molecule has 0 amide bonds. The van der Waals surface area contributed by atoms with Crippen LogP contribution >= 0.6 is 0 Å². The number of rotatable bonds is 3. The minimum atomic E-state index is 0.175. The molecule has 88 valence electrons. The number of ether oxygens (including phenoxy) is 1. The maximum atomic E-state index is 5.85. The van der Waals surface area contributed by atoms with E-state index < -0.39 is 0 Å². The number of hydrogen-bond acceptors (Lipinski definition) is 5. The summed E-state index contributed by atoms with van der Waals surface area (Å²) < 4.78 is 7.64. The van der Waals surface area contributed by atoms with Gasteiger partial charge in [0.1, 0.15) is 12.4 Å². The van der Waals surface area contributed by atoms with Crippen LogP contribution in [-0.4, -0.2) is 38.7 Å². The number of hydrogen-bond donors (Lipinski definition) is 1. The molecule has 1 atom stereocenters. The molecule has 1 saturated heterocycles. The molecule has 0 radical (unpaired) electrons. The van der Waals surface area contributed by atoms with Gasteiger partial charge in [-0.1, -0.05) is 0 Å². The van der Waals surface area contributed by atoms with Crippen molar-refractivity contribution in [2.45, 2.75) is 12.5 Å². The van der Waals surface area contributed by atoms with E-state index in [-0.39, 0.29) is 6.10 Å². The smallest absolute Gasteiger partial charge is 0.258 e. The van der Waals surface area contributed by atoms with Crippen molar-refractivity contribution >= 4 is 0 Å². The zero-order chi connectivity index (χ0) is 11.5. The Labute approximate surface area is 98.7 Å². The van der Waals surface area contributed by atoms with Crippen LogP contribution in [-0.2, 0) is 0 Å². The van der Waals surface area contributed by atoms with Gasteiger partial charge < -0.3 is 10.1 Å². The van der Waals surface area contributed by atoms with Gasteiger partial charge in [0.2, 0.25) is 5.82 Å². The molecule has 2 aromatic heterocycles. The average Bonchev–Trinajstić information content (AvgIpc) is 3.01. The van der Waals surface area contributed by atoms with Gasteiger partial charge in [-0.15, -0.1) is 0 Å². The second-order valence-corrected chi connectivity index (χ2v) is 3.89. The van der Waals surface area contributed by atoms with Crippen LogP contribution in [0.25, 0.3) is 5.82 Å². The third-order valence-corrected chi connectivity index (χ3v) is 2.69. The van der Waals surface area contributed by atoms with Crippen LogP contribution in [0.3, 0.4) is 0 Å². The fourth-order valence-corrected chi connectivity index (χ4v) is 1.85. The largest absolute Gasteiger partial charge is 0.470 e. The van der Waals surface area contributed by atoms with Crippen LogP contribution in [0.15, 0.2) is 31.1 Å². The summed E-state index contributed by atoms with van der Waals surface area (Å²) in [6.45, 7) is 1.85. The molecule has 6 heteroatoms. The molecule has 0 aromatic carbocycles. The highest BCUT2D eigenvalue weighted by atomic mass is 16.5. The molecule has 0 saturated carbocycles. The molecule has 6 nitrogen and oxygen atoms in total. The number of nitrogens with one attached hydrogen (secondary N) is 1. The van der Waals surface area contributed by atoms with Crippen molar-refractivity contribution in [3.8, 4) is 11.7 Å². The number of imidazole rings is 1. The number of nitrogens with zero attached hydrogens (tertiary/aromatic N) is 4. The lowest BCUT2D eigenvalue weighted by Gasteiger charge is -2.13. The van der Waals surface area contributed by atoms with E-state index in [0.29, 0.717) is 11.7 Å². The van der Waals surface area contributed by atoms with Gasteiger partial charge in [-0.25, -0.2) is 15.0 Å². The lowest BCUT2D eigenvalue weighted by Crippen LogP contribution is -2.21. The molecular weight excluding hydrogens is 218 g/mol. The normalized spacial score (nSPS) is 19.4. The molecule has 1 fully saturated rings. The molecule has 3 rings (SSSR count). The minimum Gasteiger partial charge on any atom is -0.470 e. The maximum absolute atomic E-state index is 5.85. The molecular formula is C11H13N5O. The first-order valence-corrected chi connectivity index (χ1v) is 5.60. The maximum Gasteiger partial charge on any atom is 0.258 e. The predicted molar refractivity (Wildman–Crippen MR) is 61.1 cm³/mol. The van der Waals surface area contributed by atoms with Gasteiger partial charge in [0, 0.05) is 31.3 Å². The van der Waals surface area contributed by atoms with Crippen LogP contribution in [0.4, 0.5) is 0 Å². The van der Waals surface area contributed by atoms with Gasteiger partial charge in [0.15, 0.2) is 0 Å². The van der Waals surface area contributed by atoms with Gasteiger partial charge in [-0.2, -0.15) is 0 Å². The molecule has 0 spiro atoms. The Bertz CT molecular complexity index is 478. The fourth-order valence-electron chi connectivity index (χ4n) is 1.85. The second kappa shape index (κ2) is 4.50. The fraction of sp³-hybridized carbons (Fsp3) is 0.364. The molecule has 1 aliphatic heterocycles. The molecule has 1 N–H and O–H groups in total. The zero-order valence-electron chi connectivity index (χ0n) is 9.28. The van der Waals surface area contributed by atoms with Crippen molar-refractivity contribution < 1.29 is 4.74 Å². The summed E-state index contributed by atoms with van der Waals surface area (Å²) in [5, 5.41) is 3.25.